The largest absolute Gasteiger partial charge is 0.449 e. The van der Waals surface area contributed by atoms with E-state index in [1.807, 2.05) is 28.7 Å². The molecular weight excluding hydrogens is 407 g/mol. The molecule has 1 aromatic carbocycles. The first-order valence-electron chi connectivity index (χ1n) is 6.19. The first-order valence-corrected chi connectivity index (χ1v) is 7.27. The van der Waals surface area contributed by atoms with Gasteiger partial charge < -0.3 is 9.15 Å². The summed E-state index contributed by atoms with van der Waals surface area (Å²) >= 11 is 1.88. The molecule has 3 rings (SSSR count). The van der Waals surface area contributed by atoms with E-state index in [0.717, 1.165) is 0 Å². The van der Waals surface area contributed by atoms with Crippen LogP contribution in [-0.2, 0) is 0 Å². The number of hydrogen-bond donors (Lipinski definition) is 0. The summed E-state index contributed by atoms with van der Waals surface area (Å²) in [5, 5.41) is 0.148. The van der Waals surface area contributed by atoms with Crippen LogP contribution in [0.15, 0.2) is 51.8 Å². The SMILES string of the molecule is O=c1c(I)c(-c2ccccc2)oc2c(OC(F)F)nccc12. The summed E-state index contributed by atoms with van der Waals surface area (Å²) in [5.41, 5.74) is 0.257. The molecule has 0 aliphatic rings. The van der Waals surface area contributed by atoms with Gasteiger partial charge in [0.05, 0.1) is 5.39 Å². The van der Waals surface area contributed by atoms with E-state index >= 15 is 0 Å². The highest BCUT2D eigenvalue weighted by Gasteiger charge is 2.19. The average molecular weight is 415 g/mol. The molecule has 0 fully saturated rings. The molecule has 112 valence electrons. The van der Waals surface area contributed by atoms with Crippen molar-refractivity contribution in [3.8, 4) is 17.2 Å². The number of ether oxygens (including phenoxy) is 1. The summed E-state index contributed by atoms with van der Waals surface area (Å²) in [6, 6.07) is 10.3. The van der Waals surface area contributed by atoms with Crippen molar-refractivity contribution in [1.29, 1.82) is 0 Å². The summed E-state index contributed by atoms with van der Waals surface area (Å²) in [6.45, 7) is -3.05. The van der Waals surface area contributed by atoms with Crippen LogP contribution in [0.2, 0.25) is 0 Å². The van der Waals surface area contributed by atoms with Gasteiger partial charge in [-0.05, 0) is 28.7 Å². The molecule has 4 nitrogen and oxygen atoms in total. The van der Waals surface area contributed by atoms with Crippen molar-refractivity contribution in [2.75, 3.05) is 0 Å². The average Bonchev–Trinajstić information content (AvgIpc) is 2.51. The number of aromatic nitrogens is 1. The minimum Gasteiger partial charge on any atom is -0.449 e. The second kappa shape index (κ2) is 5.99. The third kappa shape index (κ3) is 2.68. The van der Waals surface area contributed by atoms with Gasteiger partial charge in [-0.3, -0.25) is 4.79 Å². The van der Waals surface area contributed by atoms with Gasteiger partial charge in [-0.1, -0.05) is 30.3 Å². The van der Waals surface area contributed by atoms with Crippen LogP contribution in [0.25, 0.3) is 22.3 Å². The molecule has 7 heteroatoms. The van der Waals surface area contributed by atoms with Crippen molar-refractivity contribution in [2.45, 2.75) is 6.61 Å². The van der Waals surface area contributed by atoms with Gasteiger partial charge in [-0.25, -0.2) is 4.98 Å². The minimum atomic E-state index is -3.05. The lowest BCUT2D eigenvalue weighted by Crippen LogP contribution is -2.10. The molecule has 0 aliphatic heterocycles. The van der Waals surface area contributed by atoms with Crippen molar-refractivity contribution in [2.24, 2.45) is 0 Å². The standard InChI is InChI=1S/C15H8F2INO3/c16-15(17)22-14-13-9(6-7-19-14)11(20)10(18)12(21-13)8-4-2-1-3-5-8/h1-7,15H. The highest BCUT2D eigenvalue weighted by molar-refractivity contribution is 14.1. The Morgan fingerprint density at radius 3 is 2.59 bits per heavy atom. The Morgan fingerprint density at radius 1 is 1.18 bits per heavy atom. The lowest BCUT2D eigenvalue weighted by atomic mass is 10.1. The van der Waals surface area contributed by atoms with Crippen LogP contribution in [-0.4, -0.2) is 11.6 Å². The second-order valence-electron chi connectivity index (χ2n) is 4.31. The molecule has 0 amide bonds. The molecule has 0 atom stereocenters. The number of benzene rings is 1. The number of pyridine rings is 1. The van der Waals surface area contributed by atoms with E-state index in [2.05, 4.69) is 9.72 Å². The predicted molar refractivity (Wildman–Crippen MR) is 85.1 cm³/mol. The van der Waals surface area contributed by atoms with Gasteiger partial charge in [0.25, 0.3) is 5.88 Å². The predicted octanol–water partition coefficient (Wildman–Crippen LogP) is 4.06. The molecule has 2 heterocycles. The molecule has 2 aromatic heterocycles. The van der Waals surface area contributed by atoms with Crippen molar-refractivity contribution in [1.82, 2.24) is 4.98 Å². The number of hydrogen-bond acceptors (Lipinski definition) is 4. The van der Waals surface area contributed by atoms with Crippen molar-refractivity contribution < 1.29 is 17.9 Å². The summed E-state index contributed by atoms with van der Waals surface area (Å²) < 4.78 is 35.3. The summed E-state index contributed by atoms with van der Waals surface area (Å²) in [5.74, 6) is -0.107. The number of nitrogens with zero attached hydrogens (tertiary/aromatic N) is 1. The van der Waals surface area contributed by atoms with Crippen LogP contribution < -0.4 is 10.2 Å². The van der Waals surface area contributed by atoms with E-state index < -0.39 is 12.5 Å². The van der Waals surface area contributed by atoms with Gasteiger partial charge in [0.15, 0.2) is 5.76 Å². The Kier molecular flexibility index (Phi) is 4.06. The highest BCUT2D eigenvalue weighted by Crippen LogP contribution is 2.30. The van der Waals surface area contributed by atoms with E-state index in [1.54, 1.807) is 24.3 Å². The van der Waals surface area contributed by atoms with Gasteiger partial charge in [0.2, 0.25) is 11.0 Å². The normalized spacial score (nSPS) is 11.1. The molecule has 0 saturated heterocycles. The first-order chi connectivity index (χ1) is 10.6. The number of halogens is 3. The Morgan fingerprint density at radius 2 is 1.91 bits per heavy atom. The van der Waals surface area contributed by atoms with Crippen LogP contribution in [0.4, 0.5) is 8.78 Å². The highest BCUT2D eigenvalue weighted by atomic mass is 127. The van der Waals surface area contributed by atoms with Crippen LogP contribution in [0.5, 0.6) is 5.88 Å². The zero-order chi connectivity index (χ0) is 15.7. The van der Waals surface area contributed by atoms with E-state index in [-0.39, 0.29) is 16.4 Å². The fourth-order valence-electron chi connectivity index (χ4n) is 2.02. The molecule has 3 aromatic rings. The fourth-order valence-corrected chi connectivity index (χ4v) is 2.73. The Balaban J connectivity index is 2.32. The molecule has 0 radical (unpaired) electrons. The number of alkyl halides is 2. The van der Waals surface area contributed by atoms with Gasteiger partial charge in [-0.15, -0.1) is 0 Å². The summed E-state index contributed by atoms with van der Waals surface area (Å²) in [7, 11) is 0. The lowest BCUT2D eigenvalue weighted by Gasteiger charge is -2.09. The summed E-state index contributed by atoms with van der Waals surface area (Å²) in [6.07, 6.45) is 1.23. The lowest BCUT2D eigenvalue weighted by molar-refractivity contribution is -0.0523. The molecular formula is C15H8F2INO3. The minimum absolute atomic E-state index is 0.0907. The van der Waals surface area contributed by atoms with Crippen molar-refractivity contribution >= 4 is 33.6 Å². The van der Waals surface area contributed by atoms with Crippen molar-refractivity contribution in [3.05, 3.63) is 56.4 Å². The molecule has 22 heavy (non-hydrogen) atoms. The second-order valence-corrected chi connectivity index (χ2v) is 5.39. The number of rotatable bonds is 3. The molecule has 0 aliphatic carbocycles. The van der Waals surface area contributed by atoms with Gasteiger partial charge in [-0.2, -0.15) is 8.78 Å². The van der Waals surface area contributed by atoms with Crippen LogP contribution in [0.1, 0.15) is 0 Å². The quantitative estimate of drug-likeness (QED) is 0.606. The zero-order valence-electron chi connectivity index (χ0n) is 10.9. The summed E-state index contributed by atoms with van der Waals surface area (Å²) in [4.78, 5) is 16.1. The maximum absolute atomic E-state index is 12.5. The van der Waals surface area contributed by atoms with Crippen LogP contribution in [0, 0.1) is 3.57 Å². The van der Waals surface area contributed by atoms with Crippen LogP contribution in [0.3, 0.4) is 0 Å². The van der Waals surface area contributed by atoms with Crippen molar-refractivity contribution in [3.63, 3.8) is 0 Å². The third-order valence-corrected chi connectivity index (χ3v) is 3.94. The maximum atomic E-state index is 12.5. The monoisotopic (exact) mass is 415 g/mol. The Hall–Kier alpha value is -2.03. The van der Waals surface area contributed by atoms with E-state index in [4.69, 9.17) is 4.42 Å². The van der Waals surface area contributed by atoms with E-state index in [1.165, 1.54) is 12.3 Å². The van der Waals surface area contributed by atoms with Gasteiger partial charge in [0, 0.05) is 11.8 Å². The molecule has 0 unspecified atom stereocenters. The molecule has 0 bridgehead atoms. The first kappa shape index (κ1) is 14.9. The van der Waals surface area contributed by atoms with Crippen LogP contribution >= 0.6 is 22.6 Å². The number of fused-ring (bicyclic) bond motifs is 1. The topological polar surface area (TPSA) is 52.3 Å². The van der Waals surface area contributed by atoms with Gasteiger partial charge in [0.1, 0.15) is 3.57 Å². The van der Waals surface area contributed by atoms with Gasteiger partial charge >= 0.3 is 6.61 Å². The molecule has 0 saturated carbocycles. The smallest absolute Gasteiger partial charge is 0.388 e. The molecule has 0 spiro atoms. The van der Waals surface area contributed by atoms with E-state index in [9.17, 15) is 13.6 Å². The fraction of sp³-hybridized carbons (Fsp3) is 0.0667. The molecule has 0 N–H and O–H groups in total. The Labute approximate surface area is 136 Å². The maximum Gasteiger partial charge on any atom is 0.388 e. The van der Waals surface area contributed by atoms with E-state index in [0.29, 0.717) is 14.9 Å². The third-order valence-electron chi connectivity index (χ3n) is 2.96. The zero-order valence-corrected chi connectivity index (χ0v) is 13.1. The Bertz CT molecular complexity index is 881.